The Hall–Kier alpha value is -0.0800. The maximum Gasteiger partial charge on any atom is 0.0329 e. The van der Waals surface area contributed by atoms with Crippen LogP contribution < -0.4 is 5.73 Å². The van der Waals surface area contributed by atoms with E-state index in [1.54, 1.807) is 0 Å². The Balaban J connectivity index is 3.92. The first-order valence-electron chi connectivity index (χ1n) is 9.57. The zero-order chi connectivity index (χ0) is 16.1. The number of hydrogen-bond donors (Lipinski definition) is 1. The molecule has 0 aliphatic rings. The number of nitrogens with zero attached hydrogens (tertiary/aromatic N) is 1. The maximum absolute atomic E-state index is 6.55. The topological polar surface area (TPSA) is 29.3 Å². The molecule has 21 heavy (non-hydrogen) atoms. The fourth-order valence-corrected chi connectivity index (χ4v) is 3.48. The first-order chi connectivity index (χ1) is 10.1. The van der Waals surface area contributed by atoms with E-state index in [-0.39, 0.29) is 5.54 Å². The molecule has 0 radical (unpaired) electrons. The van der Waals surface area contributed by atoms with E-state index in [0.29, 0.717) is 6.04 Å². The average molecular weight is 299 g/mol. The van der Waals surface area contributed by atoms with Crippen molar-refractivity contribution < 1.29 is 0 Å². The lowest BCUT2D eigenvalue weighted by Crippen LogP contribution is -2.57. The van der Waals surface area contributed by atoms with Gasteiger partial charge in [-0.3, -0.25) is 4.90 Å². The third kappa shape index (κ3) is 7.65. The summed E-state index contributed by atoms with van der Waals surface area (Å²) in [5, 5.41) is 0. The normalized spacial score (nSPS) is 16.1. The Labute approximate surface area is 134 Å². The van der Waals surface area contributed by atoms with Crippen molar-refractivity contribution in [2.45, 2.75) is 110 Å². The van der Waals surface area contributed by atoms with Crippen LogP contribution in [-0.4, -0.2) is 29.6 Å². The van der Waals surface area contributed by atoms with Crippen molar-refractivity contribution >= 4 is 0 Å². The second kappa shape index (κ2) is 12.5. The molecule has 0 spiro atoms. The van der Waals surface area contributed by atoms with Crippen LogP contribution in [0, 0.1) is 0 Å². The van der Waals surface area contributed by atoms with Crippen LogP contribution in [0.25, 0.3) is 0 Å². The minimum Gasteiger partial charge on any atom is -0.326 e. The molecule has 128 valence electrons. The van der Waals surface area contributed by atoms with Crippen molar-refractivity contribution in [3.05, 3.63) is 0 Å². The first kappa shape index (κ1) is 20.9. The van der Waals surface area contributed by atoms with Gasteiger partial charge < -0.3 is 5.73 Å². The summed E-state index contributed by atoms with van der Waals surface area (Å²) in [6.07, 6.45) is 13.4. The molecular weight excluding hydrogens is 256 g/mol. The molecule has 0 rings (SSSR count). The Morgan fingerprint density at radius 2 is 1.29 bits per heavy atom. The summed E-state index contributed by atoms with van der Waals surface area (Å²) in [4.78, 5) is 2.54. The van der Waals surface area contributed by atoms with Crippen LogP contribution in [0.4, 0.5) is 0 Å². The average Bonchev–Trinajstić information content (AvgIpc) is 2.50. The van der Waals surface area contributed by atoms with Gasteiger partial charge in [0.05, 0.1) is 0 Å². The van der Waals surface area contributed by atoms with Gasteiger partial charge in [-0.2, -0.15) is 0 Å². The van der Waals surface area contributed by atoms with Crippen LogP contribution in [0.5, 0.6) is 0 Å². The van der Waals surface area contributed by atoms with E-state index in [4.69, 9.17) is 5.73 Å². The summed E-state index contributed by atoms with van der Waals surface area (Å²) in [6, 6.07) is 0.308. The first-order valence-corrected chi connectivity index (χ1v) is 9.57. The highest BCUT2D eigenvalue weighted by molar-refractivity contribution is 4.93. The molecule has 0 aromatic carbocycles. The molecule has 0 saturated heterocycles. The van der Waals surface area contributed by atoms with E-state index in [0.717, 1.165) is 19.5 Å². The minimum absolute atomic E-state index is 0.171. The zero-order valence-corrected chi connectivity index (χ0v) is 15.6. The van der Waals surface area contributed by atoms with Crippen molar-refractivity contribution in [2.24, 2.45) is 5.73 Å². The summed E-state index contributed by atoms with van der Waals surface area (Å²) < 4.78 is 0. The van der Waals surface area contributed by atoms with Gasteiger partial charge in [0.1, 0.15) is 0 Å². The van der Waals surface area contributed by atoms with Crippen LogP contribution >= 0.6 is 0 Å². The minimum atomic E-state index is 0.171. The molecule has 0 amide bonds. The largest absolute Gasteiger partial charge is 0.326 e. The predicted molar refractivity (Wildman–Crippen MR) is 96.8 cm³/mol. The van der Waals surface area contributed by atoms with Gasteiger partial charge in [0.15, 0.2) is 0 Å². The molecule has 0 aromatic heterocycles. The number of hydrogen-bond acceptors (Lipinski definition) is 2. The molecule has 0 aliphatic heterocycles. The highest BCUT2D eigenvalue weighted by atomic mass is 15.2. The van der Waals surface area contributed by atoms with E-state index in [1.807, 2.05) is 0 Å². The molecule has 0 aliphatic carbocycles. The third-order valence-corrected chi connectivity index (χ3v) is 5.37. The Kier molecular flexibility index (Phi) is 12.4. The monoisotopic (exact) mass is 298 g/mol. The number of nitrogens with two attached hydrogens (primary N) is 1. The summed E-state index contributed by atoms with van der Waals surface area (Å²) >= 11 is 0. The molecule has 0 aromatic rings. The predicted octanol–water partition coefficient (Wildman–Crippen LogP) is 5.36. The summed E-state index contributed by atoms with van der Waals surface area (Å²) in [7, 11) is 0. The van der Waals surface area contributed by atoms with E-state index < -0.39 is 0 Å². The highest BCUT2D eigenvalue weighted by Crippen LogP contribution is 2.25. The van der Waals surface area contributed by atoms with Crippen LogP contribution in [0.2, 0.25) is 0 Å². The molecule has 2 unspecified atom stereocenters. The SMILES string of the molecule is CCCCCCCCCCC(N)C(C)(CC)N(CC)CC. The van der Waals surface area contributed by atoms with Gasteiger partial charge in [0, 0.05) is 11.6 Å². The quantitative estimate of drug-likeness (QED) is 0.438. The molecule has 0 bridgehead atoms. The van der Waals surface area contributed by atoms with Crippen molar-refractivity contribution in [1.29, 1.82) is 0 Å². The van der Waals surface area contributed by atoms with Gasteiger partial charge >= 0.3 is 0 Å². The zero-order valence-electron chi connectivity index (χ0n) is 15.6. The summed E-state index contributed by atoms with van der Waals surface area (Å²) in [6.45, 7) is 13.6. The lowest BCUT2D eigenvalue weighted by Gasteiger charge is -2.44. The summed E-state index contributed by atoms with van der Waals surface area (Å²) in [5.74, 6) is 0. The van der Waals surface area contributed by atoms with Gasteiger partial charge in [-0.25, -0.2) is 0 Å². The van der Waals surface area contributed by atoms with E-state index >= 15 is 0 Å². The van der Waals surface area contributed by atoms with Crippen molar-refractivity contribution in [3.63, 3.8) is 0 Å². The van der Waals surface area contributed by atoms with Crippen molar-refractivity contribution in [2.75, 3.05) is 13.1 Å². The van der Waals surface area contributed by atoms with Crippen LogP contribution in [0.1, 0.15) is 98.8 Å². The van der Waals surface area contributed by atoms with Crippen LogP contribution in [-0.2, 0) is 0 Å². The van der Waals surface area contributed by atoms with E-state index in [9.17, 15) is 0 Å². The standard InChI is InChI=1S/C19H42N2/c1-6-10-11-12-13-14-15-16-17-18(20)19(5,7-2)21(8-3)9-4/h18H,6-17,20H2,1-5H3. The van der Waals surface area contributed by atoms with Gasteiger partial charge in [0.2, 0.25) is 0 Å². The second-order valence-electron chi connectivity index (χ2n) is 6.75. The fraction of sp³-hybridized carbons (Fsp3) is 1.00. The van der Waals surface area contributed by atoms with E-state index in [1.165, 1.54) is 57.8 Å². The van der Waals surface area contributed by atoms with Crippen LogP contribution in [0.3, 0.4) is 0 Å². The number of likely N-dealkylation sites (N-methyl/N-ethyl adjacent to an activating group) is 1. The summed E-state index contributed by atoms with van der Waals surface area (Å²) in [5.41, 5.74) is 6.72. The van der Waals surface area contributed by atoms with Crippen molar-refractivity contribution in [3.8, 4) is 0 Å². The van der Waals surface area contributed by atoms with E-state index in [2.05, 4.69) is 39.5 Å². The molecule has 2 N–H and O–H groups in total. The number of unbranched alkanes of at least 4 members (excludes halogenated alkanes) is 7. The van der Waals surface area contributed by atoms with Gasteiger partial charge in [-0.1, -0.05) is 79.1 Å². The van der Waals surface area contributed by atoms with Crippen molar-refractivity contribution in [1.82, 2.24) is 4.90 Å². The molecule has 0 heterocycles. The third-order valence-electron chi connectivity index (χ3n) is 5.37. The lowest BCUT2D eigenvalue weighted by atomic mass is 9.84. The lowest BCUT2D eigenvalue weighted by molar-refractivity contribution is 0.0804. The van der Waals surface area contributed by atoms with Gasteiger partial charge in [0.25, 0.3) is 0 Å². The van der Waals surface area contributed by atoms with Crippen LogP contribution in [0.15, 0.2) is 0 Å². The maximum atomic E-state index is 6.55. The molecule has 0 fully saturated rings. The number of rotatable bonds is 14. The Morgan fingerprint density at radius 3 is 1.71 bits per heavy atom. The molecule has 2 nitrogen and oxygen atoms in total. The highest BCUT2D eigenvalue weighted by Gasteiger charge is 2.33. The molecule has 2 heteroatoms. The molecule has 0 saturated carbocycles. The smallest absolute Gasteiger partial charge is 0.0329 e. The van der Waals surface area contributed by atoms with Gasteiger partial charge in [-0.15, -0.1) is 0 Å². The molecular formula is C19H42N2. The molecule has 2 atom stereocenters. The Morgan fingerprint density at radius 1 is 0.810 bits per heavy atom. The van der Waals surface area contributed by atoms with Gasteiger partial charge in [-0.05, 0) is 32.9 Å². The fourth-order valence-electron chi connectivity index (χ4n) is 3.48. The second-order valence-corrected chi connectivity index (χ2v) is 6.75. The Bertz CT molecular complexity index is 226.